The van der Waals surface area contributed by atoms with Crippen molar-refractivity contribution in [3.8, 4) is 0 Å². The van der Waals surface area contributed by atoms with Gasteiger partial charge in [-0.05, 0) is 17.5 Å². The Morgan fingerprint density at radius 3 is 2.26 bits per heavy atom. The topological polar surface area (TPSA) is 50.9 Å². The van der Waals surface area contributed by atoms with Crippen LogP contribution in [0.2, 0.25) is 0 Å². The summed E-state index contributed by atoms with van der Waals surface area (Å²) in [7, 11) is 0. The highest BCUT2D eigenvalue weighted by atomic mass is 19.2. The molecule has 0 fully saturated rings. The molecule has 0 atom stereocenters. The van der Waals surface area contributed by atoms with Crippen LogP contribution in [0.5, 0.6) is 0 Å². The lowest BCUT2D eigenvalue weighted by molar-refractivity contribution is 0.452. The number of hydrazine groups is 1. The van der Waals surface area contributed by atoms with Crippen LogP contribution >= 0.6 is 0 Å². The number of fused-ring (bicyclic) bond motifs is 1. The van der Waals surface area contributed by atoms with E-state index in [4.69, 9.17) is 5.84 Å². The molecule has 0 radical (unpaired) electrons. The molecule has 0 aliphatic rings. The molecule has 0 spiro atoms. The lowest BCUT2D eigenvalue weighted by atomic mass is 9.86. The number of hydrogen-bond donors (Lipinski definition) is 2. The first-order valence-corrected chi connectivity index (χ1v) is 5.71. The summed E-state index contributed by atoms with van der Waals surface area (Å²) in [5.74, 6) is 1.51. The zero-order valence-corrected chi connectivity index (χ0v) is 10.8. The van der Waals surface area contributed by atoms with Crippen LogP contribution in [0.4, 0.5) is 19.0 Å². The normalized spacial score (nSPS) is 11.9. The molecule has 0 unspecified atom stereocenters. The van der Waals surface area contributed by atoms with Gasteiger partial charge in [-0.1, -0.05) is 20.8 Å². The molecule has 0 saturated heterocycles. The Labute approximate surface area is 108 Å². The molecule has 0 bridgehead atoms. The van der Waals surface area contributed by atoms with Gasteiger partial charge in [0.2, 0.25) is 0 Å². The van der Waals surface area contributed by atoms with E-state index in [-0.39, 0.29) is 22.1 Å². The molecular formula is C13H14F3N3. The van der Waals surface area contributed by atoms with Gasteiger partial charge in [0.15, 0.2) is 17.5 Å². The minimum Gasteiger partial charge on any atom is -0.308 e. The van der Waals surface area contributed by atoms with Crippen molar-refractivity contribution in [1.29, 1.82) is 0 Å². The molecule has 6 heteroatoms. The number of nitrogens with zero attached hydrogens (tertiary/aromatic N) is 1. The van der Waals surface area contributed by atoms with Crippen molar-refractivity contribution in [3.05, 3.63) is 35.1 Å². The molecule has 19 heavy (non-hydrogen) atoms. The molecule has 102 valence electrons. The van der Waals surface area contributed by atoms with Crippen LogP contribution < -0.4 is 11.3 Å². The third-order valence-electron chi connectivity index (χ3n) is 2.89. The summed E-state index contributed by atoms with van der Waals surface area (Å²) < 4.78 is 40.1. The first-order chi connectivity index (χ1) is 8.75. The first kappa shape index (κ1) is 13.6. The second-order valence-electron chi connectivity index (χ2n) is 5.34. The van der Waals surface area contributed by atoms with Crippen molar-refractivity contribution in [2.75, 3.05) is 5.43 Å². The first-order valence-electron chi connectivity index (χ1n) is 5.71. The number of hydrogen-bond acceptors (Lipinski definition) is 3. The standard InChI is InChI=1S/C13H14F3N3/c1-13(2,3)7-4-6-5-8(14)9(15)10(16)11(6)18-12(7)19-17/h4-5H,17H2,1-3H3,(H,18,19). The average molecular weight is 269 g/mol. The van der Waals surface area contributed by atoms with Crippen molar-refractivity contribution < 1.29 is 13.2 Å². The molecule has 3 nitrogen and oxygen atoms in total. The van der Waals surface area contributed by atoms with Gasteiger partial charge in [-0.25, -0.2) is 24.0 Å². The maximum atomic E-state index is 13.7. The van der Waals surface area contributed by atoms with E-state index in [1.165, 1.54) is 0 Å². The van der Waals surface area contributed by atoms with Gasteiger partial charge in [0, 0.05) is 10.9 Å². The van der Waals surface area contributed by atoms with E-state index in [2.05, 4.69) is 10.4 Å². The Morgan fingerprint density at radius 1 is 1.11 bits per heavy atom. The van der Waals surface area contributed by atoms with Crippen LogP contribution in [-0.2, 0) is 5.41 Å². The molecule has 0 amide bonds. The number of pyridine rings is 1. The minimum atomic E-state index is -1.54. The van der Waals surface area contributed by atoms with Crippen molar-refractivity contribution in [2.45, 2.75) is 26.2 Å². The second kappa shape index (κ2) is 4.38. The van der Waals surface area contributed by atoms with E-state index in [0.717, 1.165) is 6.07 Å². The van der Waals surface area contributed by atoms with E-state index in [9.17, 15) is 13.2 Å². The molecule has 0 aliphatic heterocycles. The lowest BCUT2D eigenvalue weighted by Crippen LogP contribution is -2.19. The molecule has 2 aromatic rings. The van der Waals surface area contributed by atoms with Crippen molar-refractivity contribution in [2.24, 2.45) is 5.84 Å². The molecule has 2 rings (SSSR count). The largest absolute Gasteiger partial charge is 0.308 e. The molecule has 0 saturated carbocycles. The fourth-order valence-electron chi connectivity index (χ4n) is 1.91. The van der Waals surface area contributed by atoms with Crippen LogP contribution in [0, 0.1) is 17.5 Å². The SMILES string of the molecule is CC(C)(C)c1cc2cc(F)c(F)c(F)c2nc1NN. The van der Waals surface area contributed by atoms with Crippen molar-refractivity contribution >= 4 is 16.7 Å². The Morgan fingerprint density at radius 2 is 1.74 bits per heavy atom. The Hall–Kier alpha value is -1.82. The van der Waals surface area contributed by atoms with Crippen molar-refractivity contribution in [3.63, 3.8) is 0 Å². The number of aromatic nitrogens is 1. The quantitative estimate of drug-likeness (QED) is 0.474. The molecule has 1 aromatic heterocycles. The smallest absolute Gasteiger partial charge is 0.196 e. The minimum absolute atomic E-state index is 0.195. The fourth-order valence-corrected chi connectivity index (χ4v) is 1.91. The number of halogens is 3. The molecular weight excluding hydrogens is 255 g/mol. The average Bonchev–Trinajstić information content (AvgIpc) is 2.34. The zero-order chi connectivity index (χ0) is 14.4. The van der Waals surface area contributed by atoms with E-state index < -0.39 is 17.5 Å². The summed E-state index contributed by atoms with van der Waals surface area (Å²) in [4.78, 5) is 3.94. The predicted molar refractivity (Wildman–Crippen MR) is 68.1 cm³/mol. The summed E-state index contributed by atoms with van der Waals surface area (Å²) >= 11 is 0. The predicted octanol–water partition coefficient (Wildman–Crippen LogP) is 3.24. The molecule has 0 aliphatic carbocycles. The van der Waals surface area contributed by atoms with Gasteiger partial charge in [-0.3, -0.25) is 0 Å². The number of nitrogen functional groups attached to an aromatic ring is 1. The Kier molecular flexibility index (Phi) is 3.14. The highest BCUT2D eigenvalue weighted by Gasteiger charge is 2.22. The summed E-state index contributed by atoms with van der Waals surface area (Å²) in [6, 6.07) is 2.49. The molecule has 1 heterocycles. The number of nitrogens with two attached hydrogens (primary N) is 1. The van der Waals surface area contributed by atoms with Crippen LogP contribution in [-0.4, -0.2) is 4.98 Å². The summed E-state index contributed by atoms with van der Waals surface area (Å²) in [6.45, 7) is 5.73. The monoisotopic (exact) mass is 269 g/mol. The summed E-state index contributed by atoms with van der Waals surface area (Å²) in [6.07, 6.45) is 0. The number of rotatable bonds is 1. The maximum Gasteiger partial charge on any atom is 0.196 e. The van der Waals surface area contributed by atoms with Crippen LogP contribution in [0.25, 0.3) is 10.9 Å². The van der Waals surface area contributed by atoms with Gasteiger partial charge >= 0.3 is 0 Å². The van der Waals surface area contributed by atoms with Gasteiger partial charge in [0.1, 0.15) is 11.3 Å². The van der Waals surface area contributed by atoms with Gasteiger partial charge in [0.25, 0.3) is 0 Å². The van der Waals surface area contributed by atoms with E-state index in [1.54, 1.807) is 6.07 Å². The summed E-state index contributed by atoms with van der Waals surface area (Å²) in [5, 5.41) is 0.195. The Bertz CT molecular complexity index is 648. The Balaban J connectivity index is 2.86. The second-order valence-corrected chi connectivity index (χ2v) is 5.34. The third kappa shape index (κ3) is 2.23. The summed E-state index contributed by atoms with van der Waals surface area (Å²) in [5.41, 5.74) is 2.47. The number of benzene rings is 1. The van der Waals surface area contributed by atoms with E-state index in [1.807, 2.05) is 20.8 Å². The van der Waals surface area contributed by atoms with Crippen molar-refractivity contribution in [1.82, 2.24) is 4.98 Å². The highest BCUT2D eigenvalue weighted by Crippen LogP contribution is 2.32. The molecule has 1 aromatic carbocycles. The zero-order valence-electron chi connectivity index (χ0n) is 10.8. The van der Waals surface area contributed by atoms with Gasteiger partial charge in [-0.2, -0.15) is 0 Å². The van der Waals surface area contributed by atoms with E-state index >= 15 is 0 Å². The van der Waals surface area contributed by atoms with E-state index in [0.29, 0.717) is 5.56 Å². The van der Waals surface area contributed by atoms with Crippen LogP contribution in [0.15, 0.2) is 12.1 Å². The lowest BCUT2D eigenvalue weighted by Gasteiger charge is -2.22. The number of anilines is 1. The van der Waals surface area contributed by atoms with Gasteiger partial charge in [0.05, 0.1) is 0 Å². The maximum absolute atomic E-state index is 13.7. The van der Waals surface area contributed by atoms with Crippen LogP contribution in [0.1, 0.15) is 26.3 Å². The number of nitrogens with one attached hydrogen (secondary N) is 1. The highest BCUT2D eigenvalue weighted by molar-refractivity contribution is 5.83. The third-order valence-corrected chi connectivity index (χ3v) is 2.89. The van der Waals surface area contributed by atoms with Gasteiger partial charge < -0.3 is 5.43 Å². The molecule has 3 N–H and O–H groups in total. The van der Waals surface area contributed by atoms with Gasteiger partial charge in [-0.15, -0.1) is 0 Å². The fraction of sp³-hybridized carbons (Fsp3) is 0.308. The van der Waals surface area contributed by atoms with Crippen LogP contribution in [0.3, 0.4) is 0 Å².